The molecule has 17 heavy (non-hydrogen) atoms. The molecule has 0 fully saturated rings. The van der Waals surface area contributed by atoms with Crippen LogP contribution in [-0.2, 0) is 11.2 Å². The number of hydrogen-bond donors (Lipinski definition) is 3. The van der Waals surface area contributed by atoms with Gasteiger partial charge in [-0.05, 0) is 24.1 Å². The van der Waals surface area contributed by atoms with E-state index in [9.17, 15) is 4.79 Å². The van der Waals surface area contributed by atoms with Crippen LogP contribution in [0.1, 0.15) is 12.0 Å². The summed E-state index contributed by atoms with van der Waals surface area (Å²) in [6.07, 6.45) is 0.616. The molecule has 1 aromatic rings. The van der Waals surface area contributed by atoms with Crippen molar-refractivity contribution < 1.29 is 9.90 Å². The van der Waals surface area contributed by atoms with Gasteiger partial charge in [-0.3, -0.25) is 4.79 Å². The number of anilines is 1. The van der Waals surface area contributed by atoms with Crippen molar-refractivity contribution in [2.24, 2.45) is 5.73 Å². The number of nitrogens with two attached hydrogens (primary N) is 1. The lowest BCUT2D eigenvalue weighted by Crippen LogP contribution is -2.26. The topological polar surface area (TPSA) is 75.4 Å². The van der Waals surface area contributed by atoms with E-state index < -0.39 is 5.97 Å². The lowest BCUT2D eigenvalue weighted by atomic mass is 10.0. The number of rotatable bonds is 4. The number of carboxylic acid groups (broad SMARTS) is 1. The van der Waals surface area contributed by atoms with Crippen molar-refractivity contribution in [2.75, 3.05) is 17.6 Å². The van der Waals surface area contributed by atoms with Crippen LogP contribution >= 0.6 is 11.8 Å². The van der Waals surface area contributed by atoms with Crippen molar-refractivity contribution in [3.05, 3.63) is 23.8 Å². The zero-order valence-corrected chi connectivity index (χ0v) is 10.3. The third-order valence-corrected chi connectivity index (χ3v) is 3.73. The molecule has 92 valence electrons. The molecule has 1 heterocycles. The second kappa shape index (κ2) is 5.42. The maximum atomic E-state index is 10.5. The highest BCUT2D eigenvalue weighted by atomic mass is 32.2. The first-order valence-electron chi connectivity index (χ1n) is 5.62. The third kappa shape index (κ3) is 3.38. The van der Waals surface area contributed by atoms with Crippen molar-refractivity contribution in [3.63, 3.8) is 0 Å². The minimum atomic E-state index is -0.843. The average molecular weight is 252 g/mol. The van der Waals surface area contributed by atoms with Gasteiger partial charge in [0.2, 0.25) is 0 Å². The summed E-state index contributed by atoms with van der Waals surface area (Å²) in [7, 11) is 0. The molecule has 4 N–H and O–H groups in total. The summed E-state index contributed by atoms with van der Waals surface area (Å²) in [6.45, 7) is 0.975. The third-order valence-electron chi connectivity index (χ3n) is 2.65. The smallest absolute Gasteiger partial charge is 0.304 e. The van der Waals surface area contributed by atoms with Gasteiger partial charge >= 0.3 is 5.97 Å². The van der Waals surface area contributed by atoms with Gasteiger partial charge in [0.05, 0.1) is 6.42 Å². The fourth-order valence-electron chi connectivity index (χ4n) is 1.91. The van der Waals surface area contributed by atoms with Gasteiger partial charge in [-0.25, -0.2) is 0 Å². The molecule has 0 aromatic heterocycles. The summed E-state index contributed by atoms with van der Waals surface area (Å²) >= 11 is 1.84. The van der Waals surface area contributed by atoms with E-state index in [0.29, 0.717) is 6.42 Å². The molecule has 0 saturated heterocycles. The van der Waals surface area contributed by atoms with Gasteiger partial charge in [-0.1, -0.05) is 6.07 Å². The van der Waals surface area contributed by atoms with Crippen molar-refractivity contribution in [1.29, 1.82) is 0 Å². The highest BCUT2D eigenvalue weighted by molar-refractivity contribution is 7.99. The van der Waals surface area contributed by atoms with Gasteiger partial charge in [0.15, 0.2) is 0 Å². The van der Waals surface area contributed by atoms with Crippen LogP contribution in [0.5, 0.6) is 0 Å². The first-order chi connectivity index (χ1) is 8.15. The number of carbonyl (C=O) groups is 1. The van der Waals surface area contributed by atoms with Crippen LogP contribution in [0.25, 0.3) is 0 Å². The normalized spacial score (nSPS) is 15.8. The number of fused-ring (bicyclic) bond motifs is 1. The lowest BCUT2D eigenvalue weighted by molar-refractivity contribution is -0.137. The number of aliphatic carboxylic acids is 1. The molecular formula is C12H16N2O2S. The van der Waals surface area contributed by atoms with E-state index in [1.807, 2.05) is 17.8 Å². The Morgan fingerprint density at radius 2 is 2.41 bits per heavy atom. The second-order valence-electron chi connectivity index (χ2n) is 4.17. The molecule has 0 bridgehead atoms. The summed E-state index contributed by atoms with van der Waals surface area (Å²) in [6, 6.07) is 5.86. The van der Waals surface area contributed by atoms with Crippen molar-refractivity contribution in [1.82, 2.24) is 0 Å². The fraction of sp³-hybridized carbons (Fsp3) is 0.417. The van der Waals surface area contributed by atoms with E-state index >= 15 is 0 Å². The number of nitrogens with one attached hydrogen (secondary N) is 1. The maximum absolute atomic E-state index is 10.5. The van der Waals surface area contributed by atoms with E-state index in [4.69, 9.17) is 10.8 Å². The van der Waals surface area contributed by atoms with E-state index in [1.165, 1.54) is 4.90 Å². The number of thioether (sulfide) groups is 1. The summed E-state index contributed by atoms with van der Waals surface area (Å²) in [5.74, 6) is 0.245. The first-order valence-corrected chi connectivity index (χ1v) is 6.60. The van der Waals surface area contributed by atoms with E-state index in [1.54, 1.807) is 0 Å². The Labute approximate surface area is 105 Å². The summed E-state index contributed by atoms with van der Waals surface area (Å²) in [5, 5.41) is 12.0. The zero-order chi connectivity index (χ0) is 12.3. The molecule has 0 saturated carbocycles. The largest absolute Gasteiger partial charge is 0.481 e. The maximum Gasteiger partial charge on any atom is 0.304 e. The van der Waals surface area contributed by atoms with Crippen molar-refractivity contribution >= 4 is 23.4 Å². The Morgan fingerprint density at radius 1 is 1.59 bits per heavy atom. The SMILES string of the molecule is NC(CC(=O)O)Cc1ccc2c(c1)NCCS2. The van der Waals surface area contributed by atoms with Gasteiger partial charge in [0, 0.05) is 28.9 Å². The summed E-state index contributed by atoms with van der Waals surface area (Å²) < 4.78 is 0. The zero-order valence-electron chi connectivity index (χ0n) is 9.48. The minimum absolute atomic E-state index is 0.0132. The van der Waals surface area contributed by atoms with Gasteiger partial charge < -0.3 is 16.2 Å². The minimum Gasteiger partial charge on any atom is -0.481 e. The Morgan fingerprint density at radius 3 is 3.18 bits per heavy atom. The van der Waals surface area contributed by atoms with Crippen LogP contribution in [0.2, 0.25) is 0 Å². The van der Waals surface area contributed by atoms with Crippen molar-refractivity contribution in [3.8, 4) is 0 Å². The monoisotopic (exact) mass is 252 g/mol. The predicted molar refractivity (Wildman–Crippen MR) is 69.6 cm³/mol. The Balaban J connectivity index is 2.04. The molecule has 5 heteroatoms. The summed E-state index contributed by atoms with van der Waals surface area (Å²) in [5.41, 5.74) is 8.01. The molecule has 0 amide bonds. The van der Waals surface area contributed by atoms with Crippen LogP contribution in [0.4, 0.5) is 5.69 Å². The van der Waals surface area contributed by atoms with Crippen LogP contribution in [0, 0.1) is 0 Å². The molecule has 1 aromatic carbocycles. The molecule has 0 radical (unpaired) electrons. The van der Waals surface area contributed by atoms with Crippen LogP contribution < -0.4 is 11.1 Å². The second-order valence-corrected chi connectivity index (χ2v) is 5.30. The van der Waals surface area contributed by atoms with Gasteiger partial charge in [-0.15, -0.1) is 11.8 Å². The van der Waals surface area contributed by atoms with Crippen LogP contribution in [0.15, 0.2) is 23.1 Å². The Bertz CT molecular complexity index is 423. The van der Waals surface area contributed by atoms with Crippen LogP contribution in [-0.4, -0.2) is 29.4 Å². The van der Waals surface area contributed by atoms with E-state index in [2.05, 4.69) is 17.4 Å². The molecule has 4 nitrogen and oxygen atoms in total. The van der Waals surface area contributed by atoms with E-state index in [-0.39, 0.29) is 12.5 Å². The molecule has 1 atom stereocenters. The van der Waals surface area contributed by atoms with E-state index in [0.717, 1.165) is 23.5 Å². The molecule has 0 aliphatic carbocycles. The fourth-order valence-corrected chi connectivity index (χ4v) is 2.79. The average Bonchev–Trinajstić information content (AvgIpc) is 2.27. The Kier molecular flexibility index (Phi) is 3.91. The standard InChI is InChI=1S/C12H16N2O2S/c13-9(7-12(15)16)5-8-1-2-11-10(6-8)14-3-4-17-11/h1-2,6,9,14H,3-5,7,13H2,(H,15,16). The van der Waals surface area contributed by atoms with Gasteiger partial charge in [0.25, 0.3) is 0 Å². The summed E-state index contributed by atoms with van der Waals surface area (Å²) in [4.78, 5) is 11.8. The van der Waals surface area contributed by atoms with Gasteiger partial charge in [0.1, 0.15) is 0 Å². The quantitative estimate of drug-likeness (QED) is 0.758. The molecule has 0 spiro atoms. The molecule has 1 aliphatic heterocycles. The highest BCUT2D eigenvalue weighted by Gasteiger charge is 2.12. The molecule has 2 rings (SSSR count). The number of benzene rings is 1. The van der Waals surface area contributed by atoms with Crippen molar-refractivity contribution in [2.45, 2.75) is 23.8 Å². The lowest BCUT2D eigenvalue weighted by Gasteiger charge is -2.19. The Hall–Kier alpha value is -1.20. The molecular weight excluding hydrogens is 236 g/mol. The highest BCUT2D eigenvalue weighted by Crippen LogP contribution is 2.31. The molecule has 1 aliphatic rings. The predicted octanol–water partition coefficient (Wildman–Crippen LogP) is 1.55. The first kappa shape index (κ1) is 12.3. The number of carboxylic acids is 1. The van der Waals surface area contributed by atoms with Gasteiger partial charge in [-0.2, -0.15) is 0 Å². The number of hydrogen-bond acceptors (Lipinski definition) is 4. The molecule has 1 unspecified atom stereocenters. The van der Waals surface area contributed by atoms with Crippen LogP contribution in [0.3, 0.4) is 0 Å².